The Kier molecular flexibility index (Phi) is 3.63. The van der Waals surface area contributed by atoms with Crippen LogP contribution in [-0.4, -0.2) is 30.6 Å². The first-order chi connectivity index (χ1) is 6.24. The Morgan fingerprint density at radius 1 is 1.77 bits per heavy atom. The van der Waals surface area contributed by atoms with Gasteiger partial charge in [0, 0.05) is 13.1 Å². The van der Waals surface area contributed by atoms with Gasteiger partial charge in [0.05, 0.1) is 6.54 Å². The third kappa shape index (κ3) is 2.98. The summed E-state index contributed by atoms with van der Waals surface area (Å²) in [4.78, 5) is 13.3. The number of carbonyl (C=O) groups excluding carboxylic acids is 1. The molecular formula is C10H16N2O. The Morgan fingerprint density at radius 2 is 2.54 bits per heavy atom. The van der Waals surface area contributed by atoms with E-state index in [-0.39, 0.29) is 6.03 Å². The highest BCUT2D eigenvalue weighted by Gasteiger charge is 2.19. The van der Waals surface area contributed by atoms with E-state index in [9.17, 15) is 4.79 Å². The molecule has 13 heavy (non-hydrogen) atoms. The van der Waals surface area contributed by atoms with Crippen molar-refractivity contribution in [3.05, 3.63) is 0 Å². The summed E-state index contributed by atoms with van der Waals surface area (Å²) in [5.41, 5.74) is 0. The highest BCUT2D eigenvalue weighted by atomic mass is 16.2. The van der Waals surface area contributed by atoms with Crippen LogP contribution >= 0.6 is 0 Å². The highest BCUT2D eigenvalue weighted by Crippen LogP contribution is 2.14. The van der Waals surface area contributed by atoms with Crippen LogP contribution in [0.1, 0.15) is 19.8 Å². The average molecular weight is 180 g/mol. The highest BCUT2D eigenvalue weighted by molar-refractivity contribution is 5.74. The lowest BCUT2D eigenvalue weighted by Gasteiger charge is -2.30. The van der Waals surface area contributed by atoms with E-state index in [4.69, 9.17) is 6.42 Å². The molecule has 1 atom stereocenters. The quantitative estimate of drug-likeness (QED) is 0.601. The zero-order valence-corrected chi connectivity index (χ0v) is 8.05. The Balaban J connectivity index is 2.33. The van der Waals surface area contributed by atoms with E-state index in [1.165, 1.54) is 6.42 Å². The van der Waals surface area contributed by atoms with Crippen molar-refractivity contribution in [2.24, 2.45) is 5.92 Å². The maximum absolute atomic E-state index is 11.4. The second kappa shape index (κ2) is 4.76. The molecule has 1 aliphatic heterocycles. The van der Waals surface area contributed by atoms with Crippen molar-refractivity contribution in [2.75, 3.05) is 19.6 Å². The molecular weight excluding hydrogens is 164 g/mol. The Hall–Kier alpha value is -1.17. The van der Waals surface area contributed by atoms with E-state index in [1.54, 1.807) is 0 Å². The van der Waals surface area contributed by atoms with Crippen LogP contribution in [0.3, 0.4) is 0 Å². The molecule has 1 rings (SSSR count). The molecule has 3 nitrogen and oxygen atoms in total. The summed E-state index contributed by atoms with van der Waals surface area (Å²) in [5.74, 6) is 3.01. The molecule has 0 aromatic carbocycles. The van der Waals surface area contributed by atoms with Crippen LogP contribution in [0.2, 0.25) is 0 Å². The van der Waals surface area contributed by atoms with E-state index < -0.39 is 0 Å². The van der Waals surface area contributed by atoms with Gasteiger partial charge in [0.25, 0.3) is 0 Å². The SMILES string of the molecule is C#CCNC(=O)N1CCC[C@H](C)C1. The minimum absolute atomic E-state index is 0.0236. The van der Waals surface area contributed by atoms with Crippen LogP contribution in [0.15, 0.2) is 0 Å². The van der Waals surface area contributed by atoms with Crippen molar-refractivity contribution in [2.45, 2.75) is 19.8 Å². The molecule has 0 unspecified atom stereocenters. The molecule has 0 spiro atoms. The van der Waals surface area contributed by atoms with Crippen LogP contribution in [0, 0.1) is 18.3 Å². The van der Waals surface area contributed by atoms with Gasteiger partial charge in [-0.05, 0) is 18.8 Å². The lowest BCUT2D eigenvalue weighted by atomic mass is 10.0. The first-order valence-electron chi connectivity index (χ1n) is 4.70. The monoisotopic (exact) mass is 180 g/mol. The summed E-state index contributed by atoms with van der Waals surface area (Å²) in [5, 5.41) is 2.67. The minimum atomic E-state index is -0.0236. The molecule has 0 aliphatic carbocycles. The maximum Gasteiger partial charge on any atom is 0.318 e. The molecule has 0 aromatic rings. The van der Waals surface area contributed by atoms with Crippen LogP contribution in [-0.2, 0) is 0 Å². The summed E-state index contributed by atoms with van der Waals surface area (Å²) in [6.45, 7) is 4.21. The van der Waals surface area contributed by atoms with Gasteiger partial charge in [0.1, 0.15) is 0 Å². The van der Waals surface area contributed by atoms with Gasteiger partial charge in [-0.15, -0.1) is 6.42 Å². The zero-order valence-electron chi connectivity index (χ0n) is 8.05. The van der Waals surface area contributed by atoms with E-state index in [0.29, 0.717) is 12.5 Å². The fourth-order valence-corrected chi connectivity index (χ4v) is 1.61. The van der Waals surface area contributed by atoms with Crippen molar-refractivity contribution >= 4 is 6.03 Å². The molecule has 1 aliphatic rings. The predicted octanol–water partition coefficient (Wildman–Crippen LogP) is 1.06. The lowest BCUT2D eigenvalue weighted by Crippen LogP contribution is -2.45. The smallest absolute Gasteiger partial charge is 0.318 e. The number of rotatable bonds is 1. The van der Waals surface area contributed by atoms with Gasteiger partial charge >= 0.3 is 6.03 Å². The standard InChI is InChI=1S/C10H16N2O/c1-3-6-11-10(13)12-7-4-5-9(2)8-12/h1,9H,4-8H2,2H3,(H,11,13)/t9-/m0/s1. The van der Waals surface area contributed by atoms with Gasteiger partial charge in [-0.25, -0.2) is 4.79 Å². The first-order valence-corrected chi connectivity index (χ1v) is 4.70. The molecule has 1 N–H and O–H groups in total. The number of amides is 2. The Bertz CT molecular complexity index is 219. The van der Waals surface area contributed by atoms with E-state index in [1.807, 2.05) is 4.90 Å². The molecule has 0 bridgehead atoms. The van der Waals surface area contributed by atoms with E-state index in [0.717, 1.165) is 19.5 Å². The molecule has 1 heterocycles. The first kappa shape index (κ1) is 9.91. The molecule has 3 heteroatoms. The Morgan fingerprint density at radius 3 is 3.15 bits per heavy atom. The van der Waals surface area contributed by atoms with Crippen LogP contribution in [0.25, 0.3) is 0 Å². The van der Waals surface area contributed by atoms with Crippen molar-refractivity contribution < 1.29 is 4.79 Å². The van der Waals surface area contributed by atoms with Gasteiger partial charge in [-0.1, -0.05) is 12.8 Å². The number of urea groups is 1. The third-order valence-electron chi connectivity index (χ3n) is 2.29. The number of likely N-dealkylation sites (tertiary alicyclic amines) is 1. The number of piperidine rings is 1. The van der Waals surface area contributed by atoms with Crippen LogP contribution in [0.5, 0.6) is 0 Å². The van der Waals surface area contributed by atoms with E-state index in [2.05, 4.69) is 18.2 Å². The normalized spacial score (nSPS) is 22.2. The molecule has 2 amide bonds. The summed E-state index contributed by atoms with van der Waals surface area (Å²) in [6, 6.07) is -0.0236. The van der Waals surface area contributed by atoms with Crippen molar-refractivity contribution in [1.29, 1.82) is 0 Å². The number of nitrogens with one attached hydrogen (secondary N) is 1. The number of hydrogen-bond acceptors (Lipinski definition) is 1. The summed E-state index contributed by atoms with van der Waals surface area (Å²) >= 11 is 0. The molecule has 1 saturated heterocycles. The molecule has 0 radical (unpaired) electrons. The number of nitrogens with zero attached hydrogens (tertiary/aromatic N) is 1. The van der Waals surface area contributed by atoms with Gasteiger partial charge in [-0.2, -0.15) is 0 Å². The van der Waals surface area contributed by atoms with Gasteiger partial charge < -0.3 is 10.2 Å². The molecule has 72 valence electrons. The molecule has 0 saturated carbocycles. The molecule has 1 fully saturated rings. The third-order valence-corrected chi connectivity index (χ3v) is 2.29. The maximum atomic E-state index is 11.4. The summed E-state index contributed by atoms with van der Waals surface area (Å²) < 4.78 is 0. The number of terminal acetylenes is 1. The van der Waals surface area contributed by atoms with Crippen LogP contribution in [0.4, 0.5) is 4.79 Å². The fraction of sp³-hybridized carbons (Fsp3) is 0.700. The molecule has 0 aromatic heterocycles. The number of carbonyl (C=O) groups is 1. The van der Waals surface area contributed by atoms with Crippen molar-refractivity contribution in [3.8, 4) is 12.3 Å². The second-order valence-corrected chi connectivity index (χ2v) is 3.56. The largest absolute Gasteiger partial charge is 0.327 e. The van der Waals surface area contributed by atoms with Gasteiger partial charge in [0.15, 0.2) is 0 Å². The minimum Gasteiger partial charge on any atom is -0.327 e. The van der Waals surface area contributed by atoms with Crippen molar-refractivity contribution in [1.82, 2.24) is 10.2 Å². The average Bonchev–Trinajstić information content (AvgIpc) is 2.14. The zero-order chi connectivity index (χ0) is 9.68. The fourth-order valence-electron chi connectivity index (χ4n) is 1.61. The topological polar surface area (TPSA) is 32.3 Å². The van der Waals surface area contributed by atoms with Crippen molar-refractivity contribution in [3.63, 3.8) is 0 Å². The Labute approximate surface area is 79.5 Å². The summed E-state index contributed by atoms with van der Waals surface area (Å²) in [6.07, 6.45) is 7.37. The van der Waals surface area contributed by atoms with Crippen LogP contribution < -0.4 is 5.32 Å². The lowest BCUT2D eigenvalue weighted by molar-refractivity contribution is 0.171. The van der Waals surface area contributed by atoms with Gasteiger partial charge in [-0.3, -0.25) is 0 Å². The summed E-state index contributed by atoms with van der Waals surface area (Å²) in [7, 11) is 0. The second-order valence-electron chi connectivity index (χ2n) is 3.56. The number of hydrogen-bond donors (Lipinski definition) is 1. The van der Waals surface area contributed by atoms with Gasteiger partial charge in [0.2, 0.25) is 0 Å². The predicted molar refractivity (Wildman–Crippen MR) is 52.2 cm³/mol. The van der Waals surface area contributed by atoms with E-state index >= 15 is 0 Å².